The van der Waals surface area contributed by atoms with Crippen molar-refractivity contribution in [3.63, 3.8) is 0 Å². The minimum absolute atomic E-state index is 0.0509. The molecular weight excluding hydrogens is 592 g/mol. The van der Waals surface area contributed by atoms with Crippen molar-refractivity contribution in [1.29, 1.82) is 0 Å². The Morgan fingerprint density at radius 1 is 1.00 bits per heavy atom. The van der Waals surface area contributed by atoms with E-state index in [0.717, 1.165) is 11.1 Å². The molecule has 44 heavy (non-hydrogen) atoms. The Morgan fingerprint density at radius 3 is 2.30 bits per heavy atom. The van der Waals surface area contributed by atoms with E-state index in [1.807, 2.05) is 30.3 Å². The van der Waals surface area contributed by atoms with E-state index in [0.29, 0.717) is 22.8 Å². The van der Waals surface area contributed by atoms with Gasteiger partial charge in [0.2, 0.25) is 5.95 Å². The van der Waals surface area contributed by atoms with Crippen LogP contribution in [0, 0.1) is 0 Å². The van der Waals surface area contributed by atoms with Crippen LogP contribution in [0.1, 0.15) is 21.5 Å². The van der Waals surface area contributed by atoms with E-state index >= 15 is 0 Å². The second kappa shape index (κ2) is 12.0. The average molecular weight is 621 g/mol. The van der Waals surface area contributed by atoms with E-state index in [4.69, 9.17) is 0 Å². The summed E-state index contributed by atoms with van der Waals surface area (Å²) in [4.78, 5) is 21.4. The lowest BCUT2D eigenvalue weighted by molar-refractivity contribution is -0.137. The van der Waals surface area contributed by atoms with Gasteiger partial charge >= 0.3 is 12.1 Å². The lowest BCUT2D eigenvalue weighted by atomic mass is 10.1. The molecule has 0 saturated carbocycles. The predicted octanol–water partition coefficient (Wildman–Crippen LogP) is 6.92. The van der Waals surface area contributed by atoms with Crippen molar-refractivity contribution in [3.8, 4) is 11.1 Å². The summed E-state index contributed by atoms with van der Waals surface area (Å²) in [6.45, 7) is 3.26. The summed E-state index contributed by atoms with van der Waals surface area (Å²) in [5.74, 6) is -1.69. The number of alkyl halides is 3. The molecule has 5 aromatic rings. The lowest BCUT2D eigenvalue weighted by Crippen LogP contribution is -2.22. The smallest absolute Gasteiger partial charge is 0.421 e. The number of carboxylic acid groups (broad SMARTS) is 1. The number of hydrogen-bond donors (Lipinski definition) is 2. The lowest BCUT2D eigenvalue weighted by Gasteiger charge is -2.25. The van der Waals surface area contributed by atoms with E-state index in [1.54, 1.807) is 72.7 Å². The number of aromatic nitrogens is 4. The maximum Gasteiger partial charge on any atom is 0.421 e. The fraction of sp³-hybridized carbons (Fsp3) is 0.161. The first-order valence-electron chi connectivity index (χ1n) is 13.3. The van der Waals surface area contributed by atoms with E-state index in [1.165, 1.54) is 12.1 Å². The second-order valence-electron chi connectivity index (χ2n) is 10.5. The fourth-order valence-corrected chi connectivity index (χ4v) is 5.75. The Labute approximate surface area is 251 Å². The molecule has 9 nitrogen and oxygen atoms in total. The summed E-state index contributed by atoms with van der Waals surface area (Å²) >= 11 is 0. The first kappa shape index (κ1) is 30.5. The maximum atomic E-state index is 14.2. The number of rotatable bonds is 9. The minimum Gasteiger partial charge on any atom is -0.478 e. The van der Waals surface area contributed by atoms with Gasteiger partial charge in [-0.3, -0.25) is 4.68 Å². The van der Waals surface area contributed by atoms with Crippen LogP contribution in [0.4, 0.5) is 36.3 Å². The summed E-state index contributed by atoms with van der Waals surface area (Å²) in [7, 11) is -1.24. The molecule has 0 aliphatic heterocycles. The molecule has 0 amide bonds. The normalized spacial score (nSPS) is 11.8. The van der Waals surface area contributed by atoms with Gasteiger partial charge in [-0.25, -0.2) is 9.78 Å². The molecule has 3 aromatic carbocycles. The summed E-state index contributed by atoms with van der Waals surface area (Å²) in [5.41, 5.74) is 1.92. The molecule has 226 valence electrons. The number of carbonyl (C=O) groups is 1. The van der Waals surface area contributed by atoms with Crippen molar-refractivity contribution in [2.45, 2.75) is 12.7 Å². The largest absolute Gasteiger partial charge is 0.478 e. The van der Waals surface area contributed by atoms with Crippen molar-refractivity contribution >= 4 is 41.6 Å². The van der Waals surface area contributed by atoms with Gasteiger partial charge in [0.05, 0.1) is 24.0 Å². The second-order valence-corrected chi connectivity index (χ2v) is 13.6. The summed E-state index contributed by atoms with van der Waals surface area (Å²) in [6, 6.07) is 20.0. The van der Waals surface area contributed by atoms with E-state index in [2.05, 4.69) is 20.4 Å². The third-order valence-electron chi connectivity index (χ3n) is 6.80. The van der Waals surface area contributed by atoms with Crippen LogP contribution in [-0.2, 0) is 24.3 Å². The summed E-state index contributed by atoms with van der Waals surface area (Å²) in [5, 5.41) is 16.6. The number of benzene rings is 3. The number of nitrogens with one attached hydrogen (secondary N) is 1. The highest BCUT2D eigenvalue weighted by molar-refractivity contribution is 7.70. The van der Waals surface area contributed by atoms with Gasteiger partial charge in [-0.05, 0) is 60.9 Å². The third kappa shape index (κ3) is 6.81. The summed E-state index contributed by atoms with van der Waals surface area (Å²) < 4.78 is 57.7. The van der Waals surface area contributed by atoms with Gasteiger partial charge in [-0.2, -0.15) is 23.3 Å². The fourth-order valence-electron chi connectivity index (χ4n) is 4.59. The Balaban J connectivity index is 1.62. The highest BCUT2D eigenvalue weighted by Crippen LogP contribution is 2.42. The highest BCUT2D eigenvalue weighted by Gasteiger charge is 2.36. The van der Waals surface area contributed by atoms with Gasteiger partial charge in [-0.15, -0.1) is 0 Å². The highest BCUT2D eigenvalue weighted by atomic mass is 31.2. The first-order valence-corrected chi connectivity index (χ1v) is 15.9. The number of nitrogens with zero attached hydrogens (tertiary/aromatic N) is 5. The molecule has 2 heterocycles. The van der Waals surface area contributed by atoms with Gasteiger partial charge in [0.25, 0.3) is 0 Å². The van der Waals surface area contributed by atoms with Crippen molar-refractivity contribution in [1.82, 2.24) is 19.7 Å². The number of aryl methyl sites for hydroxylation is 1. The monoisotopic (exact) mass is 620 g/mol. The Bertz CT molecular complexity index is 1850. The molecule has 0 aliphatic carbocycles. The first-order chi connectivity index (χ1) is 20.8. The number of hydrogen-bond acceptors (Lipinski definition) is 7. The van der Waals surface area contributed by atoms with Gasteiger partial charge in [0, 0.05) is 36.0 Å². The van der Waals surface area contributed by atoms with Gasteiger partial charge in [0.15, 0.2) is 0 Å². The zero-order chi connectivity index (χ0) is 31.6. The average Bonchev–Trinajstić information content (AvgIpc) is 3.41. The topological polar surface area (TPSA) is 113 Å². The van der Waals surface area contributed by atoms with Gasteiger partial charge < -0.3 is 19.9 Å². The molecule has 13 heteroatoms. The molecule has 0 spiro atoms. The number of aromatic carboxylic acids is 1. The Morgan fingerprint density at radius 2 is 1.70 bits per heavy atom. The third-order valence-corrected chi connectivity index (χ3v) is 8.33. The van der Waals surface area contributed by atoms with E-state index < -0.39 is 30.7 Å². The number of anilines is 4. The van der Waals surface area contributed by atoms with Crippen LogP contribution in [0.5, 0.6) is 0 Å². The molecular formula is C31H28F3N6O3P. The van der Waals surface area contributed by atoms with Crippen LogP contribution in [0.25, 0.3) is 11.1 Å². The van der Waals surface area contributed by atoms with Crippen LogP contribution in [0.2, 0.25) is 0 Å². The molecule has 0 bridgehead atoms. The molecule has 0 aliphatic rings. The minimum atomic E-state index is -4.80. The summed E-state index contributed by atoms with van der Waals surface area (Å²) in [6.07, 6.45) is -0.669. The van der Waals surface area contributed by atoms with Crippen molar-refractivity contribution in [3.05, 3.63) is 108 Å². The van der Waals surface area contributed by atoms with Crippen LogP contribution in [0.3, 0.4) is 0 Å². The van der Waals surface area contributed by atoms with Crippen LogP contribution in [-0.4, -0.2) is 44.2 Å². The van der Waals surface area contributed by atoms with Crippen LogP contribution < -0.4 is 15.5 Å². The van der Waals surface area contributed by atoms with E-state index in [9.17, 15) is 27.6 Å². The number of halogens is 3. The zero-order valence-electron chi connectivity index (χ0n) is 23.9. The van der Waals surface area contributed by atoms with Crippen LogP contribution >= 0.6 is 7.14 Å². The molecule has 0 fully saturated rings. The number of carboxylic acids is 1. The molecule has 0 radical (unpaired) electrons. The quantitative estimate of drug-likeness (QED) is 0.171. The SMILES string of the molecule is Cn1cc(-c2ccc(Nc3nc(N(Cc4ccccc4)c4ccc(C(=O)O)cc4)ncc3C(F)(F)F)c(P(C)(C)=O)c2)cn1. The predicted molar refractivity (Wildman–Crippen MR) is 164 cm³/mol. The molecule has 2 aromatic heterocycles. The van der Waals surface area contributed by atoms with Gasteiger partial charge in [0.1, 0.15) is 18.5 Å². The Kier molecular flexibility index (Phi) is 8.29. The standard InChI is InChI=1S/C31H28F3N6O3P/c1-39-19-23(16-36-39)22-11-14-26(27(15-22)44(2,3)43)37-28-25(31(32,33)34)17-35-30(38-28)40(18-20-7-5-4-6-8-20)24-12-9-21(10-13-24)29(41)42/h4-17,19H,18H2,1-3H3,(H,41,42)(H,35,37,38). The van der Waals surface area contributed by atoms with E-state index in [-0.39, 0.29) is 23.7 Å². The van der Waals surface area contributed by atoms with Crippen molar-refractivity contribution in [2.75, 3.05) is 23.5 Å². The molecule has 0 unspecified atom stereocenters. The molecule has 5 rings (SSSR count). The van der Waals surface area contributed by atoms with Gasteiger partial charge in [-0.1, -0.05) is 36.4 Å². The molecule has 0 saturated heterocycles. The van der Waals surface area contributed by atoms with Crippen LogP contribution in [0.15, 0.2) is 91.4 Å². The maximum absolute atomic E-state index is 14.2. The zero-order valence-corrected chi connectivity index (χ0v) is 24.8. The van der Waals surface area contributed by atoms with Crippen molar-refractivity contribution in [2.24, 2.45) is 7.05 Å². The molecule has 2 N–H and O–H groups in total. The Hall–Kier alpha value is -4.96. The molecule has 0 atom stereocenters. The van der Waals surface area contributed by atoms with Crippen molar-refractivity contribution < 1.29 is 27.6 Å².